The van der Waals surface area contributed by atoms with Gasteiger partial charge in [0.2, 0.25) is 0 Å². The van der Waals surface area contributed by atoms with E-state index in [2.05, 4.69) is 59.3 Å². The zero-order valence-corrected chi connectivity index (χ0v) is 13.5. The minimum absolute atomic E-state index is 0.344. The molecule has 2 nitrogen and oxygen atoms in total. The highest BCUT2D eigenvalue weighted by atomic mass is 79.9. The average molecular weight is 334 g/mol. The van der Waals surface area contributed by atoms with E-state index in [4.69, 9.17) is 10.5 Å². The van der Waals surface area contributed by atoms with Crippen LogP contribution in [0.4, 0.5) is 0 Å². The third-order valence-corrected chi connectivity index (χ3v) is 4.23. The summed E-state index contributed by atoms with van der Waals surface area (Å²) in [4.78, 5) is 0. The van der Waals surface area contributed by atoms with Crippen LogP contribution in [0.25, 0.3) is 0 Å². The van der Waals surface area contributed by atoms with E-state index in [1.807, 2.05) is 6.07 Å². The van der Waals surface area contributed by atoms with Gasteiger partial charge in [0.1, 0.15) is 5.75 Å². The van der Waals surface area contributed by atoms with Gasteiger partial charge >= 0.3 is 0 Å². The maximum Gasteiger partial charge on any atom is 0.133 e. The summed E-state index contributed by atoms with van der Waals surface area (Å²) >= 11 is 3.53. The van der Waals surface area contributed by atoms with Crippen molar-refractivity contribution in [1.29, 1.82) is 0 Å². The Morgan fingerprint density at radius 2 is 1.95 bits per heavy atom. The second-order valence-electron chi connectivity index (χ2n) is 4.96. The Kier molecular flexibility index (Phi) is 5.21. The number of benzene rings is 2. The Bertz CT molecular complexity index is 583. The van der Waals surface area contributed by atoms with Crippen molar-refractivity contribution in [3.05, 3.63) is 63.6 Å². The summed E-state index contributed by atoms with van der Waals surface area (Å²) in [5.74, 6) is 1.20. The molecule has 0 aliphatic carbocycles. The van der Waals surface area contributed by atoms with Crippen molar-refractivity contribution in [2.45, 2.75) is 19.3 Å². The van der Waals surface area contributed by atoms with E-state index in [9.17, 15) is 0 Å². The van der Waals surface area contributed by atoms with Gasteiger partial charge in [-0.05, 0) is 64.6 Å². The molecule has 0 aliphatic rings. The van der Waals surface area contributed by atoms with Crippen LogP contribution in [0.3, 0.4) is 0 Å². The minimum atomic E-state index is 0.344. The van der Waals surface area contributed by atoms with Crippen molar-refractivity contribution in [1.82, 2.24) is 0 Å². The summed E-state index contributed by atoms with van der Waals surface area (Å²) in [5, 5.41) is 0. The van der Waals surface area contributed by atoms with Gasteiger partial charge in [-0.2, -0.15) is 0 Å². The first-order chi connectivity index (χ1) is 9.65. The molecule has 0 radical (unpaired) electrons. The van der Waals surface area contributed by atoms with Gasteiger partial charge in [0, 0.05) is 5.92 Å². The van der Waals surface area contributed by atoms with Gasteiger partial charge in [-0.3, -0.25) is 0 Å². The molecule has 106 valence electrons. The van der Waals surface area contributed by atoms with Gasteiger partial charge in [0.25, 0.3) is 0 Å². The zero-order valence-electron chi connectivity index (χ0n) is 11.9. The fourth-order valence-corrected chi connectivity index (χ4v) is 3.07. The van der Waals surface area contributed by atoms with Crippen molar-refractivity contribution in [3.8, 4) is 5.75 Å². The molecule has 0 amide bonds. The Morgan fingerprint density at radius 1 is 1.20 bits per heavy atom. The Morgan fingerprint density at radius 3 is 2.55 bits per heavy atom. The van der Waals surface area contributed by atoms with E-state index in [-0.39, 0.29) is 0 Å². The molecule has 0 saturated heterocycles. The molecular weight excluding hydrogens is 314 g/mol. The average Bonchev–Trinajstić information content (AvgIpc) is 2.46. The number of methoxy groups -OCH3 is 1. The van der Waals surface area contributed by atoms with Crippen LogP contribution in [0.2, 0.25) is 0 Å². The lowest BCUT2D eigenvalue weighted by Gasteiger charge is -2.18. The fourth-order valence-electron chi connectivity index (χ4n) is 2.49. The first kappa shape index (κ1) is 15.1. The summed E-state index contributed by atoms with van der Waals surface area (Å²) in [7, 11) is 1.68. The predicted molar refractivity (Wildman–Crippen MR) is 87.4 cm³/mol. The molecule has 0 saturated carbocycles. The van der Waals surface area contributed by atoms with Gasteiger partial charge in [-0.15, -0.1) is 0 Å². The van der Waals surface area contributed by atoms with Gasteiger partial charge in [-0.25, -0.2) is 0 Å². The van der Waals surface area contributed by atoms with Crippen LogP contribution in [-0.2, 0) is 6.42 Å². The molecule has 0 spiro atoms. The highest BCUT2D eigenvalue weighted by molar-refractivity contribution is 9.10. The topological polar surface area (TPSA) is 35.2 Å². The van der Waals surface area contributed by atoms with Crippen molar-refractivity contribution in [2.75, 3.05) is 13.7 Å². The molecule has 1 atom stereocenters. The van der Waals surface area contributed by atoms with E-state index >= 15 is 0 Å². The quantitative estimate of drug-likeness (QED) is 0.895. The van der Waals surface area contributed by atoms with Crippen LogP contribution in [0, 0.1) is 6.92 Å². The Hall–Kier alpha value is -1.32. The number of hydrogen-bond acceptors (Lipinski definition) is 2. The van der Waals surface area contributed by atoms with E-state index < -0.39 is 0 Å². The molecule has 1 unspecified atom stereocenters. The van der Waals surface area contributed by atoms with Crippen LogP contribution < -0.4 is 10.5 Å². The molecule has 3 heteroatoms. The number of hydrogen-bond donors (Lipinski definition) is 1. The first-order valence-corrected chi connectivity index (χ1v) is 7.53. The molecule has 0 fully saturated rings. The van der Waals surface area contributed by atoms with E-state index in [1.54, 1.807) is 7.11 Å². The highest BCUT2D eigenvalue weighted by Crippen LogP contribution is 2.29. The SMILES string of the molecule is COc1ccc(CC(CN)c2ccccc2C)cc1Br. The van der Waals surface area contributed by atoms with Gasteiger partial charge in [0.15, 0.2) is 0 Å². The van der Waals surface area contributed by atoms with Crippen LogP contribution in [0.15, 0.2) is 46.9 Å². The number of ether oxygens (including phenoxy) is 1. The molecule has 0 bridgehead atoms. The maximum absolute atomic E-state index is 5.98. The van der Waals surface area contributed by atoms with E-state index in [0.29, 0.717) is 12.5 Å². The number of aryl methyl sites for hydroxylation is 1. The smallest absolute Gasteiger partial charge is 0.133 e. The second-order valence-corrected chi connectivity index (χ2v) is 5.82. The maximum atomic E-state index is 5.98. The van der Waals surface area contributed by atoms with Crippen LogP contribution >= 0.6 is 15.9 Å². The predicted octanol–water partition coefficient (Wildman–Crippen LogP) is 4.05. The molecule has 20 heavy (non-hydrogen) atoms. The molecular formula is C17H20BrNO. The minimum Gasteiger partial charge on any atom is -0.496 e. The third-order valence-electron chi connectivity index (χ3n) is 3.61. The van der Waals surface area contributed by atoms with Crippen LogP contribution in [-0.4, -0.2) is 13.7 Å². The van der Waals surface area contributed by atoms with Crippen molar-refractivity contribution >= 4 is 15.9 Å². The Balaban J connectivity index is 2.23. The van der Waals surface area contributed by atoms with Crippen molar-refractivity contribution in [2.24, 2.45) is 5.73 Å². The first-order valence-electron chi connectivity index (χ1n) is 6.73. The fraction of sp³-hybridized carbons (Fsp3) is 0.294. The lowest BCUT2D eigenvalue weighted by atomic mass is 9.89. The summed E-state index contributed by atoms with van der Waals surface area (Å²) in [5.41, 5.74) is 9.88. The van der Waals surface area contributed by atoms with Crippen LogP contribution in [0.5, 0.6) is 5.75 Å². The van der Waals surface area contributed by atoms with Crippen molar-refractivity contribution < 1.29 is 4.74 Å². The van der Waals surface area contributed by atoms with Gasteiger partial charge in [0.05, 0.1) is 11.6 Å². The molecule has 2 N–H and O–H groups in total. The molecule has 2 aromatic carbocycles. The number of nitrogens with two attached hydrogens (primary N) is 1. The lowest BCUT2D eigenvalue weighted by Crippen LogP contribution is -2.16. The largest absolute Gasteiger partial charge is 0.496 e. The third kappa shape index (κ3) is 3.41. The van der Waals surface area contributed by atoms with Gasteiger partial charge < -0.3 is 10.5 Å². The summed E-state index contributed by atoms with van der Waals surface area (Å²) in [6, 6.07) is 14.7. The summed E-state index contributed by atoms with van der Waals surface area (Å²) in [6.45, 7) is 2.79. The standard InChI is InChI=1S/C17H20BrNO/c1-12-5-3-4-6-15(12)14(11-19)9-13-7-8-17(20-2)16(18)10-13/h3-8,10,14H,9,11,19H2,1-2H3. The van der Waals surface area contributed by atoms with Crippen LogP contribution in [0.1, 0.15) is 22.6 Å². The number of halogens is 1. The van der Waals surface area contributed by atoms with E-state index in [1.165, 1.54) is 16.7 Å². The summed E-state index contributed by atoms with van der Waals surface area (Å²) in [6.07, 6.45) is 0.934. The second kappa shape index (κ2) is 6.91. The zero-order chi connectivity index (χ0) is 14.5. The van der Waals surface area contributed by atoms with E-state index in [0.717, 1.165) is 16.6 Å². The monoisotopic (exact) mass is 333 g/mol. The molecule has 0 heterocycles. The lowest BCUT2D eigenvalue weighted by molar-refractivity contribution is 0.412. The molecule has 2 aromatic rings. The Labute approximate surface area is 129 Å². The molecule has 0 aromatic heterocycles. The highest BCUT2D eigenvalue weighted by Gasteiger charge is 2.13. The summed E-state index contributed by atoms with van der Waals surface area (Å²) < 4.78 is 6.25. The van der Waals surface area contributed by atoms with Crippen molar-refractivity contribution in [3.63, 3.8) is 0 Å². The molecule has 2 rings (SSSR count). The number of rotatable bonds is 5. The molecule has 0 aliphatic heterocycles. The normalized spacial score (nSPS) is 12.2. The van der Waals surface area contributed by atoms with Gasteiger partial charge in [-0.1, -0.05) is 30.3 Å².